The number of benzene rings is 1. The predicted octanol–water partition coefficient (Wildman–Crippen LogP) is 3.08. The van der Waals surface area contributed by atoms with Crippen molar-refractivity contribution in [2.24, 2.45) is 0 Å². The van der Waals surface area contributed by atoms with Crippen molar-refractivity contribution in [1.82, 2.24) is 4.47 Å². The second-order valence-electron chi connectivity index (χ2n) is 3.42. The molecule has 1 aromatic carbocycles. The number of nitrogens with zero attached hydrogens (tertiary/aromatic N) is 1. The maximum absolute atomic E-state index is 12.2. The molecule has 0 bridgehead atoms. The number of hydrogen-bond acceptors (Lipinski definition) is 3. The van der Waals surface area contributed by atoms with E-state index in [1.165, 1.54) is 12.1 Å². The maximum Gasteiger partial charge on any atom is 0.267 e. The van der Waals surface area contributed by atoms with Crippen LogP contribution in [0.4, 0.5) is 0 Å². The molecule has 0 amide bonds. The quantitative estimate of drug-likeness (QED) is 0.814. The fourth-order valence-electron chi connectivity index (χ4n) is 1.49. The molecular weight excluding hydrogens is 353 g/mol. The van der Waals surface area contributed by atoms with Crippen LogP contribution in [-0.2, 0) is 14.9 Å². The van der Waals surface area contributed by atoms with Crippen LogP contribution in [0.1, 0.15) is 6.42 Å². The molecule has 0 spiro atoms. The third kappa shape index (κ3) is 2.62. The van der Waals surface area contributed by atoms with E-state index in [9.17, 15) is 8.42 Å². The summed E-state index contributed by atoms with van der Waals surface area (Å²) in [5.74, 6) is 0. The average molecular weight is 361 g/mol. The highest BCUT2D eigenvalue weighted by Crippen LogP contribution is 2.35. The van der Waals surface area contributed by atoms with Crippen molar-refractivity contribution in [2.75, 3.05) is 13.2 Å². The molecule has 1 aliphatic rings. The second kappa shape index (κ2) is 5.03. The van der Waals surface area contributed by atoms with E-state index in [1.807, 2.05) is 0 Å². The summed E-state index contributed by atoms with van der Waals surface area (Å²) >= 11 is 15.0. The van der Waals surface area contributed by atoms with Crippen LogP contribution in [0.25, 0.3) is 0 Å². The van der Waals surface area contributed by atoms with E-state index in [0.29, 0.717) is 24.0 Å². The van der Waals surface area contributed by atoms with Crippen molar-refractivity contribution in [1.29, 1.82) is 0 Å². The molecule has 17 heavy (non-hydrogen) atoms. The van der Waals surface area contributed by atoms with Crippen LogP contribution in [0.3, 0.4) is 0 Å². The Bertz CT molecular complexity index is 520. The van der Waals surface area contributed by atoms with Gasteiger partial charge in [0.15, 0.2) is 0 Å². The largest absolute Gasteiger partial charge is 0.284 e. The van der Waals surface area contributed by atoms with Gasteiger partial charge in [0.1, 0.15) is 4.90 Å². The third-order valence-electron chi connectivity index (χ3n) is 2.21. The Morgan fingerprint density at radius 2 is 1.88 bits per heavy atom. The second-order valence-corrected chi connectivity index (χ2v) is 6.91. The summed E-state index contributed by atoms with van der Waals surface area (Å²) in [5.41, 5.74) is 0. The molecule has 1 heterocycles. The summed E-state index contributed by atoms with van der Waals surface area (Å²) in [6, 6.07) is 2.97. The molecule has 1 saturated heterocycles. The van der Waals surface area contributed by atoms with Crippen molar-refractivity contribution in [2.45, 2.75) is 11.3 Å². The lowest BCUT2D eigenvalue weighted by Crippen LogP contribution is -2.27. The summed E-state index contributed by atoms with van der Waals surface area (Å²) in [6.45, 7) is 0.691. The fourth-order valence-corrected chi connectivity index (χ4v) is 4.68. The molecule has 8 heteroatoms. The molecule has 0 atom stereocenters. The van der Waals surface area contributed by atoms with E-state index in [-0.39, 0.29) is 14.9 Å². The van der Waals surface area contributed by atoms with E-state index in [2.05, 4.69) is 15.9 Å². The Kier molecular flexibility index (Phi) is 4.02. The van der Waals surface area contributed by atoms with Crippen LogP contribution in [0.15, 0.2) is 21.5 Å². The molecule has 0 aromatic heterocycles. The Morgan fingerprint density at radius 1 is 1.29 bits per heavy atom. The topological polar surface area (TPSA) is 46.6 Å². The fraction of sp³-hybridized carbons (Fsp3) is 0.333. The summed E-state index contributed by atoms with van der Waals surface area (Å²) < 4.78 is 26.0. The minimum Gasteiger partial charge on any atom is -0.284 e. The molecule has 2 rings (SSSR count). The van der Waals surface area contributed by atoms with Crippen LogP contribution in [0.5, 0.6) is 0 Å². The highest BCUT2D eigenvalue weighted by Gasteiger charge is 2.32. The monoisotopic (exact) mass is 359 g/mol. The Balaban J connectivity index is 2.53. The molecule has 1 aromatic rings. The first-order chi connectivity index (χ1) is 7.93. The van der Waals surface area contributed by atoms with Crippen molar-refractivity contribution < 1.29 is 13.3 Å². The molecule has 94 valence electrons. The summed E-state index contributed by atoms with van der Waals surface area (Å²) in [6.07, 6.45) is 0.658. The summed E-state index contributed by atoms with van der Waals surface area (Å²) in [5, 5.41) is 0.139. The lowest BCUT2D eigenvalue weighted by atomic mass is 10.4. The van der Waals surface area contributed by atoms with Gasteiger partial charge >= 0.3 is 0 Å². The minimum atomic E-state index is -3.79. The van der Waals surface area contributed by atoms with Gasteiger partial charge < -0.3 is 0 Å². The van der Waals surface area contributed by atoms with Gasteiger partial charge in [-0.15, -0.1) is 0 Å². The van der Waals surface area contributed by atoms with Crippen LogP contribution in [0.2, 0.25) is 10.0 Å². The molecule has 0 saturated carbocycles. The Morgan fingerprint density at radius 3 is 2.35 bits per heavy atom. The number of sulfonamides is 1. The Hall–Kier alpha value is 0.150. The third-order valence-corrected chi connectivity index (χ3v) is 5.27. The average Bonchev–Trinajstić information content (AvgIpc) is 2.67. The predicted molar refractivity (Wildman–Crippen MR) is 68.6 cm³/mol. The molecule has 0 radical (unpaired) electrons. The number of rotatable bonds is 2. The van der Waals surface area contributed by atoms with Gasteiger partial charge in [-0.2, -0.15) is 0 Å². The Labute approximate surface area is 118 Å². The molecule has 0 aliphatic carbocycles. The lowest BCUT2D eigenvalue weighted by molar-refractivity contribution is -0.0284. The van der Waals surface area contributed by atoms with Gasteiger partial charge in [0.25, 0.3) is 10.0 Å². The zero-order valence-electron chi connectivity index (χ0n) is 8.49. The number of halogens is 3. The van der Waals surface area contributed by atoms with Crippen LogP contribution < -0.4 is 0 Å². The zero-order valence-corrected chi connectivity index (χ0v) is 12.4. The highest BCUT2D eigenvalue weighted by molar-refractivity contribution is 9.10. The van der Waals surface area contributed by atoms with Gasteiger partial charge in [0.2, 0.25) is 0 Å². The van der Waals surface area contributed by atoms with Gasteiger partial charge in [-0.1, -0.05) is 43.6 Å². The zero-order chi connectivity index (χ0) is 12.6. The van der Waals surface area contributed by atoms with E-state index >= 15 is 0 Å². The van der Waals surface area contributed by atoms with Gasteiger partial charge in [0.05, 0.1) is 16.7 Å². The van der Waals surface area contributed by atoms with Gasteiger partial charge in [-0.3, -0.25) is 4.84 Å². The van der Waals surface area contributed by atoms with E-state index < -0.39 is 10.0 Å². The summed E-state index contributed by atoms with van der Waals surface area (Å²) in [7, 11) is -3.79. The lowest BCUT2D eigenvalue weighted by Gasteiger charge is -2.16. The van der Waals surface area contributed by atoms with Gasteiger partial charge in [0, 0.05) is 11.0 Å². The first-order valence-electron chi connectivity index (χ1n) is 4.73. The van der Waals surface area contributed by atoms with Crippen molar-refractivity contribution in [3.63, 3.8) is 0 Å². The normalized spacial score (nSPS) is 17.6. The maximum atomic E-state index is 12.2. The standard InChI is InChI=1S/C9H8BrCl2NO3S/c10-6-4-7(11)9(8(12)5-6)17(14,15)13-2-1-3-16-13/h4-5H,1-3H2. The van der Waals surface area contributed by atoms with Crippen LogP contribution in [-0.4, -0.2) is 26.0 Å². The number of hydrogen-bond donors (Lipinski definition) is 0. The van der Waals surface area contributed by atoms with E-state index in [0.717, 1.165) is 4.47 Å². The molecule has 0 N–H and O–H groups in total. The van der Waals surface area contributed by atoms with Crippen molar-refractivity contribution in [3.05, 3.63) is 26.7 Å². The highest BCUT2D eigenvalue weighted by atomic mass is 79.9. The first-order valence-corrected chi connectivity index (χ1v) is 7.72. The SMILES string of the molecule is O=S(=O)(c1c(Cl)cc(Br)cc1Cl)N1CCCO1. The summed E-state index contributed by atoms with van der Waals surface area (Å²) in [4.78, 5) is 4.91. The van der Waals surface area contributed by atoms with Crippen molar-refractivity contribution >= 4 is 49.2 Å². The first kappa shape index (κ1) is 13.6. The van der Waals surface area contributed by atoms with Gasteiger partial charge in [-0.25, -0.2) is 8.42 Å². The molecule has 0 unspecified atom stereocenters. The van der Waals surface area contributed by atoms with Gasteiger partial charge in [-0.05, 0) is 18.6 Å². The minimum absolute atomic E-state index is 0.0693. The smallest absolute Gasteiger partial charge is 0.267 e. The molecular formula is C9H8BrCl2NO3S. The van der Waals surface area contributed by atoms with Crippen LogP contribution >= 0.6 is 39.1 Å². The van der Waals surface area contributed by atoms with Crippen molar-refractivity contribution in [3.8, 4) is 0 Å². The van der Waals surface area contributed by atoms with E-state index in [1.54, 1.807) is 0 Å². The van der Waals surface area contributed by atoms with Crippen LogP contribution in [0, 0.1) is 0 Å². The molecule has 1 aliphatic heterocycles. The molecule has 1 fully saturated rings. The number of hydroxylamine groups is 1. The van der Waals surface area contributed by atoms with E-state index in [4.69, 9.17) is 28.0 Å². The molecule has 4 nitrogen and oxygen atoms in total.